The second kappa shape index (κ2) is 11.3. The Morgan fingerprint density at radius 2 is 1.69 bits per heavy atom. The van der Waals surface area contributed by atoms with Crippen molar-refractivity contribution in [1.29, 1.82) is 0 Å². The van der Waals surface area contributed by atoms with Gasteiger partial charge in [0.1, 0.15) is 6.54 Å². The number of nitrogens with zero attached hydrogens (tertiary/aromatic N) is 2. The highest BCUT2D eigenvalue weighted by Gasteiger charge is 2.49. The van der Waals surface area contributed by atoms with Crippen LogP contribution in [0.5, 0.6) is 0 Å². The largest absolute Gasteiger partial charge is 0.364 e. The van der Waals surface area contributed by atoms with Gasteiger partial charge in [0.15, 0.2) is 6.04 Å². The normalized spacial score (nSPS) is 14.4. The quantitative estimate of drug-likeness (QED) is 0.341. The van der Waals surface area contributed by atoms with E-state index in [-0.39, 0.29) is 27.7 Å². The van der Waals surface area contributed by atoms with Gasteiger partial charge in [-0.3, -0.25) is 4.79 Å². The molecule has 0 radical (unpaired) electrons. The number of anilines is 1. The van der Waals surface area contributed by atoms with Crippen molar-refractivity contribution in [2.24, 2.45) is 11.1 Å². The number of sulfonamides is 1. The average Bonchev–Trinajstić information content (AvgIpc) is 3.15. The van der Waals surface area contributed by atoms with Gasteiger partial charge in [0.05, 0.1) is 24.1 Å². The van der Waals surface area contributed by atoms with E-state index in [9.17, 15) is 18.0 Å². The van der Waals surface area contributed by atoms with Gasteiger partial charge in [0.2, 0.25) is 5.88 Å². The molecule has 3 rings (SSSR count). The SMILES string of the molecule is CCCC(=O)[N+](C)(Cc1ccc(-c2ccccc2S(=O)(=O)Nc2onc(C)c2C)cc1)[C@H](C(N)=O)C(C)(C)C. The molecule has 0 saturated carbocycles. The Morgan fingerprint density at radius 1 is 1.08 bits per heavy atom. The van der Waals surface area contributed by atoms with Crippen molar-refractivity contribution < 1.29 is 27.0 Å². The summed E-state index contributed by atoms with van der Waals surface area (Å²) < 4.78 is 34.1. The van der Waals surface area contributed by atoms with Gasteiger partial charge in [-0.15, -0.1) is 0 Å². The third-order valence-electron chi connectivity index (χ3n) is 7.03. The highest BCUT2D eigenvalue weighted by Crippen LogP contribution is 2.34. The lowest BCUT2D eigenvalue weighted by Crippen LogP contribution is -2.65. The molecule has 1 aromatic heterocycles. The molecule has 39 heavy (non-hydrogen) atoms. The zero-order valence-electron chi connectivity index (χ0n) is 23.7. The van der Waals surface area contributed by atoms with Gasteiger partial charge >= 0.3 is 5.91 Å². The molecule has 0 aliphatic carbocycles. The summed E-state index contributed by atoms with van der Waals surface area (Å²) in [4.78, 5) is 26.0. The van der Waals surface area contributed by atoms with Crippen LogP contribution in [0.15, 0.2) is 57.9 Å². The molecular formula is C29H39N4O5S+. The minimum atomic E-state index is -3.98. The number of carbonyl (C=O) groups is 2. The summed E-state index contributed by atoms with van der Waals surface area (Å²) in [6.45, 7) is 11.4. The average molecular weight is 556 g/mol. The third-order valence-corrected chi connectivity index (χ3v) is 8.42. The van der Waals surface area contributed by atoms with Crippen LogP contribution in [-0.2, 0) is 26.2 Å². The molecule has 0 spiro atoms. The number of aryl methyl sites for hydroxylation is 1. The van der Waals surface area contributed by atoms with E-state index in [4.69, 9.17) is 10.3 Å². The molecular weight excluding hydrogens is 516 g/mol. The van der Waals surface area contributed by atoms with Crippen LogP contribution < -0.4 is 10.5 Å². The van der Waals surface area contributed by atoms with Crippen LogP contribution in [0.3, 0.4) is 0 Å². The molecule has 0 fully saturated rings. The van der Waals surface area contributed by atoms with Crippen LogP contribution in [0.1, 0.15) is 57.4 Å². The van der Waals surface area contributed by atoms with Crippen molar-refractivity contribution in [3.8, 4) is 11.1 Å². The summed E-state index contributed by atoms with van der Waals surface area (Å²) in [7, 11) is -2.21. The van der Waals surface area contributed by atoms with Gasteiger partial charge in [0, 0.05) is 22.1 Å². The maximum absolute atomic E-state index is 13.4. The highest BCUT2D eigenvalue weighted by atomic mass is 32.2. The Balaban J connectivity index is 1.98. The van der Waals surface area contributed by atoms with Crippen molar-refractivity contribution >= 4 is 27.7 Å². The number of amides is 2. The topological polar surface area (TPSA) is 132 Å². The fraction of sp³-hybridized carbons (Fsp3) is 0.414. The standard InChI is InChI=1S/C29H38N4O5S/c1-8-11-25(34)33(7,26(27(30)35)29(4,5)6)18-21-14-16-22(17-15-21)23-12-9-10-13-24(23)39(36,37)32-28-19(2)20(3)31-38-28/h9-10,12-17,26H,8,11,18H2,1-7H3,(H2-,30,31,32,35)/p+1/t26-,33?/m1/s1. The van der Waals surface area contributed by atoms with E-state index >= 15 is 0 Å². The van der Waals surface area contributed by atoms with Gasteiger partial charge in [-0.2, -0.15) is 0 Å². The number of primary amides is 1. The number of nitrogens with two attached hydrogens (primary N) is 1. The molecule has 3 aromatic rings. The molecule has 1 heterocycles. The zero-order chi connectivity index (χ0) is 29.2. The lowest BCUT2D eigenvalue weighted by Gasteiger charge is -2.43. The predicted octanol–water partition coefficient (Wildman–Crippen LogP) is 4.93. The van der Waals surface area contributed by atoms with Crippen LogP contribution >= 0.6 is 0 Å². The van der Waals surface area contributed by atoms with E-state index in [0.29, 0.717) is 35.2 Å². The maximum Gasteiger partial charge on any atom is 0.314 e. The molecule has 9 nitrogen and oxygen atoms in total. The van der Waals surface area contributed by atoms with Crippen LogP contribution in [-0.4, -0.2) is 43.0 Å². The summed E-state index contributed by atoms with van der Waals surface area (Å²) in [5.41, 5.74) is 8.54. The van der Waals surface area contributed by atoms with E-state index in [1.165, 1.54) is 6.07 Å². The Bertz CT molecular complexity index is 1460. The summed E-state index contributed by atoms with van der Waals surface area (Å²) in [6, 6.07) is 13.3. The molecule has 0 aliphatic rings. The molecule has 3 N–H and O–H groups in total. The fourth-order valence-corrected chi connectivity index (χ4v) is 6.43. The Morgan fingerprint density at radius 3 is 2.21 bits per heavy atom. The van der Waals surface area contributed by atoms with Gasteiger partial charge in [0.25, 0.3) is 15.9 Å². The summed E-state index contributed by atoms with van der Waals surface area (Å²) in [5, 5.41) is 3.82. The molecule has 0 bridgehead atoms. The Kier molecular flexibility index (Phi) is 8.72. The maximum atomic E-state index is 13.4. The van der Waals surface area contributed by atoms with Crippen LogP contribution in [0, 0.1) is 19.3 Å². The molecule has 2 atom stereocenters. The van der Waals surface area contributed by atoms with Gasteiger partial charge < -0.3 is 10.3 Å². The number of hydrogen-bond donors (Lipinski definition) is 2. The number of hydrogen-bond acceptors (Lipinski definition) is 6. The zero-order valence-corrected chi connectivity index (χ0v) is 24.6. The lowest BCUT2D eigenvalue weighted by atomic mass is 9.83. The third kappa shape index (κ3) is 6.39. The van der Waals surface area contributed by atoms with E-state index in [0.717, 1.165) is 5.56 Å². The first-order valence-electron chi connectivity index (χ1n) is 12.9. The second-order valence-corrected chi connectivity index (χ2v) is 12.9. The van der Waals surface area contributed by atoms with E-state index < -0.39 is 27.4 Å². The summed E-state index contributed by atoms with van der Waals surface area (Å²) in [5.74, 6) is -0.495. The van der Waals surface area contributed by atoms with Crippen molar-refractivity contribution in [2.75, 3.05) is 11.8 Å². The molecule has 0 aliphatic heterocycles. The molecule has 1 unspecified atom stereocenters. The van der Waals surface area contributed by atoms with Crippen molar-refractivity contribution in [2.45, 2.75) is 71.9 Å². The summed E-state index contributed by atoms with van der Waals surface area (Å²) in [6.07, 6.45) is 0.991. The van der Waals surface area contributed by atoms with Crippen LogP contribution in [0.2, 0.25) is 0 Å². The number of carbonyl (C=O) groups excluding carboxylic acids is 2. The van der Waals surface area contributed by atoms with Crippen molar-refractivity contribution in [1.82, 2.24) is 5.16 Å². The van der Waals surface area contributed by atoms with Crippen molar-refractivity contribution in [3.05, 3.63) is 65.4 Å². The van der Waals surface area contributed by atoms with Gasteiger partial charge in [-0.25, -0.2) is 22.4 Å². The first kappa shape index (κ1) is 30.0. The first-order chi connectivity index (χ1) is 18.1. The molecule has 10 heteroatoms. The highest BCUT2D eigenvalue weighted by molar-refractivity contribution is 7.92. The Labute approximate surface area is 231 Å². The van der Waals surface area contributed by atoms with Gasteiger partial charge in [-0.1, -0.05) is 75.3 Å². The minimum Gasteiger partial charge on any atom is -0.364 e. The number of aromatic nitrogens is 1. The number of quaternary nitrogens is 1. The number of likely N-dealkylation sites (N-methyl/N-ethyl adjacent to an activating group) is 1. The minimum absolute atomic E-state index is 0.0549. The number of rotatable bonds is 10. The number of nitrogens with one attached hydrogen (secondary N) is 1. The van der Waals surface area contributed by atoms with Crippen molar-refractivity contribution in [3.63, 3.8) is 0 Å². The van der Waals surface area contributed by atoms with E-state index in [2.05, 4.69) is 9.88 Å². The first-order valence-corrected chi connectivity index (χ1v) is 14.4. The van der Waals surface area contributed by atoms with E-state index in [1.807, 2.05) is 52.0 Å². The van der Waals surface area contributed by atoms with Crippen LogP contribution in [0.25, 0.3) is 11.1 Å². The fourth-order valence-electron chi connectivity index (χ4n) is 5.15. The second-order valence-electron chi connectivity index (χ2n) is 11.3. The van der Waals surface area contributed by atoms with Crippen LogP contribution in [0.4, 0.5) is 5.88 Å². The number of benzene rings is 2. The molecule has 2 aromatic carbocycles. The van der Waals surface area contributed by atoms with E-state index in [1.54, 1.807) is 39.1 Å². The Hall–Kier alpha value is -3.50. The van der Waals surface area contributed by atoms with Gasteiger partial charge in [-0.05, 0) is 31.9 Å². The molecule has 210 valence electrons. The lowest BCUT2D eigenvalue weighted by molar-refractivity contribution is -0.871. The predicted molar refractivity (Wildman–Crippen MR) is 151 cm³/mol. The molecule has 2 amide bonds. The monoisotopic (exact) mass is 555 g/mol. The summed E-state index contributed by atoms with van der Waals surface area (Å²) >= 11 is 0. The molecule has 0 saturated heterocycles. The smallest absolute Gasteiger partial charge is 0.314 e.